The summed E-state index contributed by atoms with van der Waals surface area (Å²) in [5, 5.41) is 0. The Morgan fingerprint density at radius 1 is 1.17 bits per heavy atom. The lowest BCUT2D eigenvalue weighted by atomic mass is 10.2. The van der Waals surface area contributed by atoms with Gasteiger partial charge < -0.3 is 14.5 Å². The third-order valence-electron chi connectivity index (χ3n) is 5.41. The molecule has 1 aliphatic heterocycles. The molecule has 1 saturated heterocycles. The van der Waals surface area contributed by atoms with Crippen LogP contribution in [0, 0.1) is 6.92 Å². The molecule has 0 radical (unpaired) electrons. The highest BCUT2D eigenvalue weighted by Crippen LogP contribution is 2.19. The van der Waals surface area contributed by atoms with Crippen LogP contribution in [0.3, 0.4) is 0 Å². The van der Waals surface area contributed by atoms with Crippen molar-refractivity contribution in [2.75, 3.05) is 51.8 Å². The molecule has 7 heteroatoms. The van der Waals surface area contributed by atoms with Crippen molar-refractivity contribution < 1.29 is 9.53 Å². The van der Waals surface area contributed by atoms with Gasteiger partial charge in [-0.1, -0.05) is 26.0 Å². The molecule has 162 valence electrons. The number of rotatable bonds is 7. The van der Waals surface area contributed by atoms with Gasteiger partial charge in [-0.25, -0.2) is 9.97 Å². The van der Waals surface area contributed by atoms with E-state index in [4.69, 9.17) is 9.72 Å². The van der Waals surface area contributed by atoms with E-state index in [0.717, 1.165) is 54.8 Å². The lowest BCUT2D eigenvalue weighted by Gasteiger charge is -2.36. The van der Waals surface area contributed by atoms with Crippen molar-refractivity contribution in [3.05, 3.63) is 47.4 Å². The van der Waals surface area contributed by atoms with Crippen LogP contribution in [0.15, 0.2) is 30.3 Å². The Kier molecular flexibility index (Phi) is 7.26. The van der Waals surface area contributed by atoms with Crippen molar-refractivity contribution in [3.8, 4) is 5.75 Å². The molecule has 1 aliphatic rings. The van der Waals surface area contributed by atoms with Crippen LogP contribution in [0.25, 0.3) is 0 Å². The molecule has 2 aromatic rings. The van der Waals surface area contributed by atoms with Crippen LogP contribution >= 0.6 is 0 Å². The van der Waals surface area contributed by atoms with E-state index in [1.807, 2.05) is 38.2 Å². The van der Waals surface area contributed by atoms with Gasteiger partial charge in [-0.15, -0.1) is 0 Å². The summed E-state index contributed by atoms with van der Waals surface area (Å²) in [6.45, 7) is 10.7. The van der Waals surface area contributed by atoms with E-state index >= 15 is 0 Å². The smallest absolute Gasteiger partial charge is 0.236 e. The van der Waals surface area contributed by atoms with E-state index in [9.17, 15) is 4.79 Å². The number of anilines is 1. The zero-order valence-corrected chi connectivity index (χ0v) is 18.8. The summed E-state index contributed by atoms with van der Waals surface area (Å²) in [5.74, 6) is 3.13. The van der Waals surface area contributed by atoms with Gasteiger partial charge in [0.25, 0.3) is 0 Å². The Morgan fingerprint density at radius 3 is 2.57 bits per heavy atom. The second-order valence-electron chi connectivity index (χ2n) is 8.24. The van der Waals surface area contributed by atoms with E-state index in [0.29, 0.717) is 19.0 Å². The molecule has 0 atom stereocenters. The van der Waals surface area contributed by atoms with Gasteiger partial charge in [-0.05, 0) is 24.6 Å². The summed E-state index contributed by atoms with van der Waals surface area (Å²) in [4.78, 5) is 28.3. The highest BCUT2D eigenvalue weighted by molar-refractivity contribution is 5.78. The summed E-state index contributed by atoms with van der Waals surface area (Å²) in [6, 6.07) is 9.89. The minimum atomic E-state index is 0.131. The molecule has 30 heavy (non-hydrogen) atoms. The number of ether oxygens (including phenoxy) is 1. The number of hydrogen-bond acceptors (Lipinski definition) is 6. The van der Waals surface area contributed by atoms with E-state index < -0.39 is 0 Å². The predicted octanol–water partition coefficient (Wildman–Crippen LogP) is 2.70. The van der Waals surface area contributed by atoms with Gasteiger partial charge in [-0.3, -0.25) is 9.69 Å². The fourth-order valence-electron chi connectivity index (χ4n) is 3.57. The molecule has 0 spiro atoms. The molecule has 0 saturated carbocycles. The number of aryl methyl sites for hydroxylation is 1. The number of aromatic nitrogens is 2. The molecule has 0 aliphatic carbocycles. The number of likely N-dealkylation sites (N-methyl/N-ethyl adjacent to an activating group) is 1. The first-order chi connectivity index (χ1) is 14.4. The van der Waals surface area contributed by atoms with Crippen LogP contribution in [0.5, 0.6) is 5.75 Å². The zero-order valence-electron chi connectivity index (χ0n) is 18.8. The van der Waals surface area contributed by atoms with Crippen LogP contribution in [-0.2, 0) is 11.3 Å². The van der Waals surface area contributed by atoms with Gasteiger partial charge in [0.1, 0.15) is 17.4 Å². The highest BCUT2D eigenvalue weighted by Gasteiger charge is 2.22. The highest BCUT2D eigenvalue weighted by atomic mass is 16.5. The van der Waals surface area contributed by atoms with Gasteiger partial charge in [0.2, 0.25) is 5.91 Å². The standard InChI is InChI=1S/C23H33N5O2/c1-17(2)23-24-18(3)13-21(25-23)28-11-9-27(10-12-28)16-22(29)26(4)15-19-7-6-8-20(14-19)30-5/h6-8,13-14,17H,9-12,15-16H2,1-5H3. The van der Waals surface area contributed by atoms with Gasteiger partial charge >= 0.3 is 0 Å². The number of hydrogen-bond donors (Lipinski definition) is 0. The van der Waals surface area contributed by atoms with Crippen molar-refractivity contribution >= 4 is 11.7 Å². The second-order valence-corrected chi connectivity index (χ2v) is 8.24. The molecule has 1 aromatic heterocycles. The van der Waals surface area contributed by atoms with Gasteiger partial charge in [0.05, 0.1) is 13.7 Å². The SMILES string of the molecule is COc1cccc(CN(C)C(=O)CN2CCN(c3cc(C)nc(C(C)C)n3)CC2)c1. The maximum Gasteiger partial charge on any atom is 0.236 e. The van der Waals surface area contributed by atoms with E-state index in [-0.39, 0.29) is 5.91 Å². The van der Waals surface area contributed by atoms with Crippen molar-refractivity contribution in [1.29, 1.82) is 0 Å². The van der Waals surface area contributed by atoms with Gasteiger partial charge in [0, 0.05) is 57.4 Å². The largest absolute Gasteiger partial charge is 0.497 e. The molecule has 7 nitrogen and oxygen atoms in total. The molecule has 2 heterocycles. The number of carbonyl (C=O) groups excluding carboxylic acids is 1. The lowest BCUT2D eigenvalue weighted by molar-refractivity contribution is -0.131. The molecular weight excluding hydrogens is 378 g/mol. The average Bonchev–Trinajstić information content (AvgIpc) is 2.73. The molecule has 1 aromatic carbocycles. The molecule has 0 N–H and O–H groups in total. The van der Waals surface area contributed by atoms with Crippen molar-refractivity contribution in [2.45, 2.75) is 33.2 Å². The first kappa shape index (κ1) is 22.0. The summed E-state index contributed by atoms with van der Waals surface area (Å²) >= 11 is 0. The Balaban J connectivity index is 1.52. The summed E-state index contributed by atoms with van der Waals surface area (Å²) in [7, 11) is 3.51. The number of nitrogens with zero attached hydrogens (tertiary/aromatic N) is 5. The monoisotopic (exact) mass is 411 g/mol. The van der Waals surface area contributed by atoms with E-state index in [1.165, 1.54) is 0 Å². The van der Waals surface area contributed by atoms with Crippen LogP contribution in [0.2, 0.25) is 0 Å². The molecule has 1 fully saturated rings. The summed E-state index contributed by atoms with van der Waals surface area (Å²) in [6.07, 6.45) is 0. The first-order valence-corrected chi connectivity index (χ1v) is 10.6. The fourth-order valence-corrected chi connectivity index (χ4v) is 3.57. The van der Waals surface area contributed by atoms with Gasteiger partial charge in [0.15, 0.2) is 0 Å². The third-order valence-corrected chi connectivity index (χ3v) is 5.41. The number of carbonyl (C=O) groups is 1. The van der Waals surface area contributed by atoms with Crippen molar-refractivity contribution in [2.24, 2.45) is 0 Å². The maximum atomic E-state index is 12.7. The van der Waals surface area contributed by atoms with Crippen LogP contribution < -0.4 is 9.64 Å². The molecular formula is C23H33N5O2. The second kappa shape index (κ2) is 9.89. The molecule has 3 rings (SSSR count). The average molecular weight is 412 g/mol. The Hall–Kier alpha value is -2.67. The first-order valence-electron chi connectivity index (χ1n) is 10.6. The van der Waals surface area contributed by atoms with E-state index in [2.05, 4.69) is 34.7 Å². The molecule has 0 bridgehead atoms. The maximum absolute atomic E-state index is 12.7. The van der Waals surface area contributed by atoms with Crippen LogP contribution in [0.1, 0.15) is 36.8 Å². The van der Waals surface area contributed by atoms with Crippen molar-refractivity contribution in [1.82, 2.24) is 19.8 Å². The predicted molar refractivity (Wildman–Crippen MR) is 119 cm³/mol. The quantitative estimate of drug-likeness (QED) is 0.698. The summed E-state index contributed by atoms with van der Waals surface area (Å²) < 4.78 is 5.27. The Morgan fingerprint density at radius 2 is 1.90 bits per heavy atom. The topological polar surface area (TPSA) is 61.8 Å². The fraction of sp³-hybridized carbons (Fsp3) is 0.522. The normalized spacial score (nSPS) is 14.8. The van der Waals surface area contributed by atoms with E-state index in [1.54, 1.807) is 12.0 Å². The minimum absolute atomic E-state index is 0.131. The molecule has 1 amide bonds. The zero-order chi connectivity index (χ0) is 21.7. The summed E-state index contributed by atoms with van der Waals surface area (Å²) in [5.41, 5.74) is 2.07. The van der Waals surface area contributed by atoms with Crippen LogP contribution in [0.4, 0.5) is 5.82 Å². The third kappa shape index (κ3) is 5.69. The minimum Gasteiger partial charge on any atom is -0.497 e. The number of piperazine rings is 1. The Labute approximate surface area is 179 Å². The van der Waals surface area contributed by atoms with Crippen LogP contribution in [-0.4, -0.2) is 72.6 Å². The van der Waals surface area contributed by atoms with Crippen molar-refractivity contribution in [3.63, 3.8) is 0 Å². The van der Waals surface area contributed by atoms with Gasteiger partial charge in [-0.2, -0.15) is 0 Å². The number of methoxy groups -OCH3 is 1. The number of benzene rings is 1. The lowest BCUT2D eigenvalue weighted by Crippen LogP contribution is -2.50. The molecule has 0 unspecified atom stereocenters. The number of amides is 1. The Bertz CT molecular complexity index is 862.